The minimum atomic E-state index is -5.08. The van der Waals surface area contributed by atoms with E-state index in [4.69, 9.17) is 19.4 Å². The molecule has 1 aromatic rings. The number of carbonyl (C=O) groups excluding carboxylic acids is 2. The van der Waals surface area contributed by atoms with Crippen molar-refractivity contribution in [1.29, 1.82) is 0 Å². The van der Waals surface area contributed by atoms with Crippen LogP contribution in [-0.2, 0) is 9.59 Å². The molecule has 2 amide bonds. The fourth-order valence-corrected chi connectivity index (χ4v) is 4.03. The monoisotopic (exact) mass is 532 g/mol. The third kappa shape index (κ3) is 9.73. The van der Waals surface area contributed by atoms with Crippen molar-refractivity contribution in [2.24, 2.45) is 0 Å². The second-order valence-corrected chi connectivity index (χ2v) is 8.63. The van der Waals surface area contributed by atoms with Gasteiger partial charge in [0.25, 0.3) is 5.91 Å². The minimum Gasteiger partial charge on any atom is -0.493 e. The number of nitrogens with zero attached hydrogens (tertiary/aromatic N) is 3. The molecular formula is C24H35F3N4O6. The van der Waals surface area contributed by atoms with Crippen molar-refractivity contribution in [2.45, 2.75) is 25.4 Å². The predicted octanol–water partition coefficient (Wildman–Crippen LogP) is 1.70. The van der Waals surface area contributed by atoms with Gasteiger partial charge in [-0.25, -0.2) is 4.79 Å². The number of rotatable bonds is 8. The van der Waals surface area contributed by atoms with E-state index in [0.717, 1.165) is 32.7 Å². The van der Waals surface area contributed by atoms with Crippen molar-refractivity contribution in [3.8, 4) is 11.5 Å². The zero-order chi connectivity index (χ0) is 27.4. The molecule has 2 N–H and O–H groups in total. The number of amides is 2. The molecule has 0 unspecified atom stereocenters. The van der Waals surface area contributed by atoms with Gasteiger partial charge in [0, 0.05) is 44.8 Å². The third-order valence-corrected chi connectivity index (χ3v) is 6.09. The SMILES string of the molecule is COc1ccc(C(=O)N(CCN2CCCCC2)CC(=O)N2CCNCC2)cc1OC.O=C(O)C(F)(F)F. The number of alkyl halides is 3. The Morgan fingerprint density at radius 3 is 2.14 bits per heavy atom. The Bertz CT molecular complexity index is 903. The first kappa shape index (κ1) is 30.2. The van der Waals surface area contributed by atoms with Crippen LogP contribution in [0.25, 0.3) is 0 Å². The van der Waals surface area contributed by atoms with Crippen molar-refractivity contribution < 1.29 is 42.1 Å². The Labute approximate surface area is 214 Å². The number of hydrogen-bond acceptors (Lipinski definition) is 7. The van der Waals surface area contributed by atoms with Gasteiger partial charge in [0.1, 0.15) is 6.54 Å². The Balaban J connectivity index is 0.000000604. The summed E-state index contributed by atoms with van der Waals surface area (Å²) in [5.41, 5.74) is 0.499. The van der Waals surface area contributed by atoms with Crippen LogP contribution in [0.1, 0.15) is 29.6 Å². The molecule has 2 aliphatic rings. The highest BCUT2D eigenvalue weighted by Crippen LogP contribution is 2.28. The van der Waals surface area contributed by atoms with Gasteiger partial charge in [0.2, 0.25) is 5.91 Å². The summed E-state index contributed by atoms with van der Waals surface area (Å²) in [5, 5.41) is 10.4. The maximum Gasteiger partial charge on any atom is 0.490 e. The van der Waals surface area contributed by atoms with Crippen LogP contribution in [0, 0.1) is 0 Å². The molecule has 208 valence electrons. The molecule has 10 nitrogen and oxygen atoms in total. The van der Waals surface area contributed by atoms with Gasteiger partial charge in [-0.05, 0) is 44.1 Å². The molecule has 0 bridgehead atoms. The summed E-state index contributed by atoms with van der Waals surface area (Å²) < 4.78 is 42.4. The molecule has 37 heavy (non-hydrogen) atoms. The molecule has 2 saturated heterocycles. The molecule has 1 aromatic carbocycles. The number of piperidine rings is 1. The van der Waals surface area contributed by atoms with Crippen LogP contribution < -0.4 is 14.8 Å². The van der Waals surface area contributed by atoms with Crippen LogP contribution in [0.15, 0.2) is 18.2 Å². The number of methoxy groups -OCH3 is 2. The molecular weight excluding hydrogens is 497 g/mol. The van der Waals surface area contributed by atoms with Gasteiger partial charge >= 0.3 is 12.1 Å². The van der Waals surface area contributed by atoms with E-state index in [1.165, 1.54) is 19.3 Å². The number of benzene rings is 1. The lowest BCUT2D eigenvalue weighted by atomic mass is 10.1. The number of hydrogen-bond donors (Lipinski definition) is 2. The van der Waals surface area contributed by atoms with E-state index in [9.17, 15) is 22.8 Å². The second kappa shape index (κ2) is 14.6. The number of likely N-dealkylation sites (tertiary alicyclic amines) is 1. The summed E-state index contributed by atoms with van der Waals surface area (Å²) in [4.78, 5) is 41.0. The van der Waals surface area contributed by atoms with Crippen molar-refractivity contribution in [1.82, 2.24) is 20.0 Å². The lowest BCUT2D eigenvalue weighted by Crippen LogP contribution is -2.51. The molecule has 13 heteroatoms. The number of carbonyl (C=O) groups is 3. The van der Waals surface area contributed by atoms with Crippen molar-refractivity contribution >= 4 is 17.8 Å². The van der Waals surface area contributed by atoms with Crippen molar-refractivity contribution in [3.63, 3.8) is 0 Å². The van der Waals surface area contributed by atoms with Crippen LogP contribution >= 0.6 is 0 Å². The minimum absolute atomic E-state index is 0.00368. The maximum atomic E-state index is 13.3. The highest BCUT2D eigenvalue weighted by molar-refractivity contribution is 5.97. The first-order valence-corrected chi connectivity index (χ1v) is 12.1. The van der Waals surface area contributed by atoms with Gasteiger partial charge < -0.3 is 34.6 Å². The molecule has 2 aliphatic heterocycles. The number of carboxylic acids is 1. The van der Waals surface area contributed by atoms with E-state index in [2.05, 4.69) is 10.2 Å². The van der Waals surface area contributed by atoms with Crippen LogP contribution in [0.4, 0.5) is 13.2 Å². The lowest BCUT2D eigenvalue weighted by Gasteiger charge is -2.32. The van der Waals surface area contributed by atoms with E-state index in [0.29, 0.717) is 36.7 Å². The fourth-order valence-electron chi connectivity index (χ4n) is 4.03. The number of carboxylic acid groups (broad SMARTS) is 1. The molecule has 2 fully saturated rings. The Morgan fingerprint density at radius 1 is 1.00 bits per heavy atom. The van der Waals surface area contributed by atoms with Gasteiger partial charge in [-0.3, -0.25) is 9.59 Å². The molecule has 2 heterocycles. The number of piperazine rings is 1. The zero-order valence-electron chi connectivity index (χ0n) is 21.2. The number of ether oxygens (including phenoxy) is 2. The quantitative estimate of drug-likeness (QED) is 0.521. The molecule has 0 saturated carbocycles. The largest absolute Gasteiger partial charge is 0.493 e. The van der Waals surface area contributed by atoms with E-state index in [-0.39, 0.29) is 18.4 Å². The van der Waals surface area contributed by atoms with Gasteiger partial charge in [-0.1, -0.05) is 6.42 Å². The average molecular weight is 533 g/mol. The van der Waals surface area contributed by atoms with E-state index in [1.807, 2.05) is 4.90 Å². The predicted molar refractivity (Wildman–Crippen MR) is 129 cm³/mol. The fraction of sp³-hybridized carbons (Fsp3) is 0.625. The summed E-state index contributed by atoms with van der Waals surface area (Å²) in [7, 11) is 3.12. The Morgan fingerprint density at radius 2 is 1.59 bits per heavy atom. The van der Waals surface area contributed by atoms with Crippen LogP contribution in [0.2, 0.25) is 0 Å². The molecule has 0 atom stereocenters. The molecule has 0 spiro atoms. The van der Waals surface area contributed by atoms with Crippen LogP contribution in [-0.4, -0.2) is 117 Å². The number of nitrogens with one attached hydrogen (secondary N) is 1. The first-order valence-electron chi connectivity index (χ1n) is 12.1. The smallest absolute Gasteiger partial charge is 0.490 e. The van der Waals surface area contributed by atoms with Gasteiger partial charge in [-0.15, -0.1) is 0 Å². The van der Waals surface area contributed by atoms with Crippen molar-refractivity contribution in [3.05, 3.63) is 23.8 Å². The summed E-state index contributed by atoms with van der Waals surface area (Å²) in [6.45, 7) is 6.49. The second-order valence-electron chi connectivity index (χ2n) is 8.63. The maximum absolute atomic E-state index is 13.3. The molecule has 0 aliphatic carbocycles. The Kier molecular flexibility index (Phi) is 11.9. The number of halogens is 3. The topological polar surface area (TPSA) is 112 Å². The van der Waals surface area contributed by atoms with Gasteiger partial charge in [0.05, 0.1) is 14.2 Å². The summed E-state index contributed by atoms with van der Waals surface area (Å²) in [5.74, 6) is -1.83. The zero-order valence-corrected chi connectivity index (χ0v) is 21.2. The van der Waals surface area contributed by atoms with E-state index in [1.54, 1.807) is 37.3 Å². The van der Waals surface area contributed by atoms with Crippen LogP contribution in [0.3, 0.4) is 0 Å². The molecule has 0 aromatic heterocycles. The molecule has 3 rings (SSSR count). The first-order chi connectivity index (χ1) is 17.6. The van der Waals surface area contributed by atoms with E-state index < -0.39 is 12.1 Å². The highest BCUT2D eigenvalue weighted by Gasteiger charge is 2.38. The van der Waals surface area contributed by atoms with Gasteiger partial charge in [-0.2, -0.15) is 13.2 Å². The highest BCUT2D eigenvalue weighted by atomic mass is 19.4. The molecule has 0 radical (unpaired) electrons. The van der Waals surface area contributed by atoms with Crippen molar-refractivity contribution in [2.75, 3.05) is 73.1 Å². The average Bonchev–Trinajstić information content (AvgIpc) is 2.91. The third-order valence-electron chi connectivity index (χ3n) is 6.09. The van der Waals surface area contributed by atoms with Crippen LogP contribution in [0.5, 0.6) is 11.5 Å². The Hall–Kier alpha value is -3.06. The standard InChI is InChI=1S/C22H34N4O4.C2HF3O2/c1-29-19-7-6-18(16-20(19)30-2)22(28)26(15-14-24-10-4-3-5-11-24)17-21(27)25-12-8-23-9-13-25;3-2(4,5)1(6)7/h6-7,16,23H,3-5,8-15,17H2,1-2H3;(H,6,7). The van der Waals surface area contributed by atoms with E-state index >= 15 is 0 Å². The van der Waals surface area contributed by atoms with Gasteiger partial charge in [0.15, 0.2) is 11.5 Å². The number of aliphatic carboxylic acids is 1. The normalized spacial score (nSPS) is 16.3. The summed E-state index contributed by atoms with van der Waals surface area (Å²) in [6.07, 6.45) is -1.42. The lowest BCUT2D eigenvalue weighted by molar-refractivity contribution is -0.192. The summed E-state index contributed by atoms with van der Waals surface area (Å²) >= 11 is 0. The summed E-state index contributed by atoms with van der Waals surface area (Å²) in [6, 6.07) is 5.14.